The van der Waals surface area contributed by atoms with E-state index in [4.69, 9.17) is 0 Å². The quantitative estimate of drug-likeness (QED) is 0.472. The molecule has 0 aliphatic heterocycles. The summed E-state index contributed by atoms with van der Waals surface area (Å²) in [6.07, 6.45) is 1.14. The van der Waals surface area contributed by atoms with E-state index in [0.717, 1.165) is 6.42 Å². The molecule has 0 aliphatic rings. The van der Waals surface area contributed by atoms with Crippen molar-refractivity contribution in [1.29, 1.82) is 0 Å². The van der Waals surface area contributed by atoms with E-state index in [9.17, 15) is 17.3 Å². The fraction of sp³-hybridized carbons (Fsp3) is 0.250. The summed E-state index contributed by atoms with van der Waals surface area (Å²) in [5.74, 6) is 0. The van der Waals surface area contributed by atoms with Gasteiger partial charge in [0, 0.05) is 0 Å². The monoisotopic (exact) mass is 193 g/mol. The lowest BCUT2D eigenvalue weighted by molar-refractivity contribution is 0.368. The fourth-order valence-electron chi connectivity index (χ4n) is 0.714. The van der Waals surface area contributed by atoms with Gasteiger partial charge in [-0.3, -0.25) is 0 Å². The molecule has 0 N–H and O–H groups in total. The molecule has 0 unspecified atom stereocenters. The number of benzene rings is 1. The molecule has 0 aliphatic carbocycles. The maximum atomic E-state index is 9.75. The summed E-state index contributed by atoms with van der Waals surface area (Å²) < 4.78 is 39.0. The van der Waals surface area contributed by atoms with Gasteiger partial charge in [-0.25, -0.2) is 0 Å². The van der Waals surface area contributed by atoms with Crippen LogP contribution in [-0.2, 0) is 6.42 Å². The molecular formula is C8H10BF4-. The minimum absolute atomic E-state index is 1.14. The van der Waals surface area contributed by atoms with Crippen LogP contribution in [-0.4, -0.2) is 7.25 Å². The van der Waals surface area contributed by atoms with E-state index in [-0.39, 0.29) is 0 Å². The fourth-order valence-corrected chi connectivity index (χ4v) is 0.714. The molecule has 13 heavy (non-hydrogen) atoms. The summed E-state index contributed by atoms with van der Waals surface area (Å²) in [7, 11) is -6.00. The van der Waals surface area contributed by atoms with E-state index in [0.29, 0.717) is 0 Å². The van der Waals surface area contributed by atoms with Gasteiger partial charge < -0.3 is 17.3 Å². The van der Waals surface area contributed by atoms with Gasteiger partial charge in [-0.2, -0.15) is 0 Å². The average molecular weight is 193 g/mol. The van der Waals surface area contributed by atoms with Crippen LogP contribution in [0.15, 0.2) is 30.3 Å². The van der Waals surface area contributed by atoms with Crippen molar-refractivity contribution in [2.24, 2.45) is 0 Å². The first-order valence-electron chi connectivity index (χ1n) is 3.84. The van der Waals surface area contributed by atoms with E-state index in [1.807, 2.05) is 6.07 Å². The van der Waals surface area contributed by atoms with Crippen LogP contribution in [0, 0.1) is 0 Å². The van der Waals surface area contributed by atoms with Crippen molar-refractivity contribution in [3.8, 4) is 0 Å². The molecule has 1 aromatic rings. The van der Waals surface area contributed by atoms with E-state index in [1.165, 1.54) is 5.56 Å². The van der Waals surface area contributed by atoms with Gasteiger partial charge in [0.25, 0.3) is 0 Å². The van der Waals surface area contributed by atoms with Crippen molar-refractivity contribution < 1.29 is 17.3 Å². The van der Waals surface area contributed by atoms with Crippen LogP contribution in [0.2, 0.25) is 0 Å². The third kappa shape index (κ3) is 11.0. The number of halogens is 4. The second-order valence-corrected chi connectivity index (χ2v) is 2.33. The molecule has 0 fully saturated rings. The van der Waals surface area contributed by atoms with Crippen molar-refractivity contribution in [1.82, 2.24) is 0 Å². The molecule has 5 heteroatoms. The molecule has 0 heterocycles. The molecule has 0 spiro atoms. The lowest BCUT2D eigenvalue weighted by atomic mass is 10.2. The standard InChI is InChI=1S/C8H10.BF4/c1-2-8-6-4-3-5-7-8;2-1(3,4)5/h3-7H,2H2,1H3;/q;-1. The Hall–Kier alpha value is -0.995. The lowest BCUT2D eigenvalue weighted by Crippen LogP contribution is -2.02. The number of hydrogen-bond donors (Lipinski definition) is 0. The highest BCUT2D eigenvalue weighted by Gasteiger charge is 2.20. The SMILES string of the molecule is CCc1ccccc1.F[B-](F)(F)F. The number of hydrogen-bond acceptors (Lipinski definition) is 0. The summed E-state index contributed by atoms with van der Waals surface area (Å²) in [4.78, 5) is 0. The molecule has 0 saturated carbocycles. The van der Waals surface area contributed by atoms with Gasteiger partial charge in [0.2, 0.25) is 0 Å². The Balaban J connectivity index is 0.000000252. The van der Waals surface area contributed by atoms with Crippen LogP contribution in [0.4, 0.5) is 17.3 Å². The predicted molar refractivity (Wildman–Crippen MR) is 46.0 cm³/mol. The third-order valence-corrected chi connectivity index (χ3v) is 1.25. The van der Waals surface area contributed by atoms with Crippen LogP contribution in [0.1, 0.15) is 12.5 Å². The van der Waals surface area contributed by atoms with Gasteiger partial charge >= 0.3 is 7.25 Å². The third-order valence-electron chi connectivity index (χ3n) is 1.25. The maximum absolute atomic E-state index is 9.75. The van der Waals surface area contributed by atoms with E-state index >= 15 is 0 Å². The highest BCUT2D eigenvalue weighted by Crippen LogP contribution is 2.06. The Bertz CT molecular complexity index is 213. The second kappa shape index (κ2) is 5.62. The van der Waals surface area contributed by atoms with Crippen LogP contribution in [0.5, 0.6) is 0 Å². The average Bonchev–Trinajstić information content (AvgIpc) is 2.03. The molecule has 0 aromatic heterocycles. The first-order valence-corrected chi connectivity index (χ1v) is 3.84. The Labute approximate surface area is 74.7 Å². The molecular weight excluding hydrogens is 183 g/mol. The predicted octanol–water partition coefficient (Wildman–Crippen LogP) is 3.55. The summed E-state index contributed by atoms with van der Waals surface area (Å²) in [6.45, 7) is 2.16. The Morgan fingerprint density at radius 2 is 1.38 bits per heavy atom. The summed E-state index contributed by atoms with van der Waals surface area (Å²) in [6, 6.07) is 10.5. The number of aryl methyl sites for hydroxylation is 1. The van der Waals surface area contributed by atoms with Gasteiger partial charge in [-0.1, -0.05) is 37.3 Å². The van der Waals surface area contributed by atoms with Crippen molar-refractivity contribution in [3.05, 3.63) is 35.9 Å². The van der Waals surface area contributed by atoms with Gasteiger partial charge in [-0.05, 0) is 12.0 Å². The van der Waals surface area contributed by atoms with Gasteiger partial charge in [0.15, 0.2) is 0 Å². The van der Waals surface area contributed by atoms with Crippen molar-refractivity contribution >= 4 is 7.25 Å². The Morgan fingerprint density at radius 3 is 1.62 bits per heavy atom. The molecule has 1 aromatic carbocycles. The first-order chi connectivity index (χ1) is 5.93. The van der Waals surface area contributed by atoms with Crippen LogP contribution in [0.25, 0.3) is 0 Å². The largest absolute Gasteiger partial charge is 0.673 e. The van der Waals surface area contributed by atoms with E-state index in [1.54, 1.807) is 0 Å². The summed E-state index contributed by atoms with van der Waals surface area (Å²) >= 11 is 0. The smallest absolute Gasteiger partial charge is 0.418 e. The topological polar surface area (TPSA) is 0 Å². The zero-order valence-corrected chi connectivity index (χ0v) is 7.18. The molecule has 0 atom stereocenters. The molecule has 0 saturated heterocycles. The zero-order chi connectivity index (χ0) is 10.3. The van der Waals surface area contributed by atoms with Crippen molar-refractivity contribution in [2.75, 3.05) is 0 Å². The normalized spacial score (nSPS) is 10.2. The van der Waals surface area contributed by atoms with Crippen molar-refractivity contribution in [2.45, 2.75) is 13.3 Å². The lowest BCUT2D eigenvalue weighted by Gasteiger charge is -1.94. The van der Waals surface area contributed by atoms with Gasteiger partial charge in [0.1, 0.15) is 0 Å². The highest BCUT2D eigenvalue weighted by atomic mass is 19.5. The summed E-state index contributed by atoms with van der Waals surface area (Å²) in [5, 5.41) is 0. The molecule has 1 rings (SSSR count). The second-order valence-electron chi connectivity index (χ2n) is 2.33. The molecule has 0 bridgehead atoms. The molecule has 74 valence electrons. The summed E-state index contributed by atoms with van der Waals surface area (Å²) in [5.41, 5.74) is 1.41. The first kappa shape index (κ1) is 12.0. The van der Waals surface area contributed by atoms with Gasteiger partial charge in [-0.15, -0.1) is 0 Å². The molecule has 0 amide bonds. The zero-order valence-electron chi connectivity index (χ0n) is 7.18. The van der Waals surface area contributed by atoms with E-state index in [2.05, 4.69) is 31.2 Å². The minimum atomic E-state index is -6.00. The van der Waals surface area contributed by atoms with Crippen molar-refractivity contribution in [3.63, 3.8) is 0 Å². The minimum Gasteiger partial charge on any atom is -0.418 e. The van der Waals surface area contributed by atoms with Gasteiger partial charge in [0.05, 0.1) is 0 Å². The molecule has 0 radical (unpaired) electrons. The van der Waals surface area contributed by atoms with Crippen LogP contribution < -0.4 is 0 Å². The number of rotatable bonds is 1. The Kier molecular flexibility index (Phi) is 5.19. The maximum Gasteiger partial charge on any atom is 0.673 e. The van der Waals surface area contributed by atoms with E-state index < -0.39 is 7.25 Å². The molecule has 0 nitrogen and oxygen atoms in total. The van der Waals surface area contributed by atoms with Crippen LogP contribution >= 0.6 is 0 Å². The highest BCUT2D eigenvalue weighted by molar-refractivity contribution is 6.50. The van der Waals surface area contributed by atoms with Crippen LogP contribution in [0.3, 0.4) is 0 Å². The Morgan fingerprint density at radius 1 is 1.00 bits per heavy atom.